The zero-order valence-corrected chi connectivity index (χ0v) is 14.4. The van der Waals surface area contributed by atoms with Crippen LogP contribution in [0.25, 0.3) is 10.9 Å². The van der Waals surface area contributed by atoms with Crippen molar-refractivity contribution in [2.24, 2.45) is 5.41 Å². The van der Waals surface area contributed by atoms with Crippen molar-refractivity contribution in [3.8, 4) is 0 Å². The molecule has 1 aromatic heterocycles. The first-order valence-electron chi connectivity index (χ1n) is 8.15. The van der Waals surface area contributed by atoms with Crippen LogP contribution in [-0.2, 0) is 11.2 Å². The van der Waals surface area contributed by atoms with Gasteiger partial charge in [-0.1, -0.05) is 39.8 Å². The maximum absolute atomic E-state index is 11.8. The topological polar surface area (TPSA) is 66.9 Å². The Kier molecular flexibility index (Phi) is 5.53. The molecule has 0 aliphatic rings. The highest BCUT2D eigenvalue weighted by molar-refractivity contribution is 5.89. The zero-order valence-electron chi connectivity index (χ0n) is 14.4. The zero-order chi connectivity index (χ0) is 16.9. The van der Waals surface area contributed by atoms with Crippen LogP contribution in [0.1, 0.15) is 39.9 Å². The summed E-state index contributed by atoms with van der Waals surface area (Å²) in [6.07, 6.45) is 1.32. The van der Waals surface area contributed by atoms with E-state index in [2.05, 4.69) is 41.4 Å². The van der Waals surface area contributed by atoms with Gasteiger partial charge in [0.25, 0.3) is 0 Å². The molecular formula is C18H26N4O. The Morgan fingerprint density at radius 1 is 1.13 bits per heavy atom. The Balaban J connectivity index is 1.96. The van der Waals surface area contributed by atoms with Crippen molar-refractivity contribution in [1.82, 2.24) is 15.3 Å². The van der Waals surface area contributed by atoms with Gasteiger partial charge in [-0.05, 0) is 17.5 Å². The SMILES string of the molecule is CCc1nc(NCCNC(=O)CC(C)(C)C)c2ccccc2n1. The van der Waals surface area contributed by atoms with Gasteiger partial charge in [-0.3, -0.25) is 4.79 Å². The number of benzene rings is 1. The first-order chi connectivity index (χ1) is 10.9. The molecule has 0 saturated carbocycles. The van der Waals surface area contributed by atoms with Gasteiger partial charge in [0.2, 0.25) is 5.91 Å². The molecule has 0 aliphatic carbocycles. The van der Waals surface area contributed by atoms with Crippen LogP contribution in [-0.4, -0.2) is 29.0 Å². The maximum atomic E-state index is 11.8. The molecule has 0 radical (unpaired) electrons. The third-order valence-corrected chi connectivity index (χ3v) is 3.40. The summed E-state index contributed by atoms with van der Waals surface area (Å²) < 4.78 is 0. The van der Waals surface area contributed by atoms with E-state index in [1.54, 1.807) is 0 Å². The molecule has 2 aromatic rings. The van der Waals surface area contributed by atoms with E-state index in [1.165, 1.54) is 0 Å². The van der Waals surface area contributed by atoms with Gasteiger partial charge in [-0.2, -0.15) is 0 Å². The Hall–Kier alpha value is -2.17. The van der Waals surface area contributed by atoms with E-state index in [1.807, 2.05) is 31.2 Å². The van der Waals surface area contributed by atoms with Crippen molar-refractivity contribution in [1.29, 1.82) is 0 Å². The normalized spacial score (nSPS) is 11.5. The average molecular weight is 314 g/mol. The highest BCUT2D eigenvalue weighted by Crippen LogP contribution is 2.20. The number of nitrogens with one attached hydrogen (secondary N) is 2. The fraction of sp³-hybridized carbons (Fsp3) is 0.500. The van der Waals surface area contributed by atoms with Gasteiger partial charge in [0, 0.05) is 31.3 Å². The first kappa shape index (κ1) is 17.2. The lowest BCUT2D eigenvalue weighted by Crippen LogP contribution is -2.31. The number of hydrogen-bond acceptors (Lipinski definition) is 4. The number of carbonyl (C=O) groups excluding carboxylic acids is 1. The van der Waals surface area contributed by atoms with E-state index in [0.717, 1.165) is 29.0 Å². The highest BCUT2D eigenvalue weighted by atomic mass is 16.1. The molecule has 1 amide bonds. The first-order valence-corrected chi connectivity index (χ1v) is 8.15. The molecule has 0 aliphatic heterocycles. The molecule has 0 fully saturated rings. The van der Waals surface area contributed by atoms with Crippen LogP contribution in [0.2, 0.25) is 0 Å². The predicted octanol–water partition coefficient (Wildman–Crippen LogP) is 3.16. The number of para-hydroxylation sites is 1. The molecule has 0 unspecified atom stereocenters. The summed E-state index contributed by atoms with van der Waals surface area (Å²) in [7, 11) is 0. The van der Waals surface area contributed by atoms with E-state index in [9.17, 15) is 4.79 Å². The van der Waals surface area contributed by atoms with Crippen molar-refractivity contribution in [2.45, 2.75) is 40.5 Å². The number of carbonyl (C=O) groups is 1. The molecule has 1 aromatic carbocycles. The van der Waals surface area contributed by atoms with E-state index in [0.29, 0.717) is 19.5 Å². The minimum Gasteiger partial charge on any atom is -0.368 e. The van der Waals surface area contributed by atoms with E-state index in [-0.39, 0.29) is 11.3 Å². The van der Waals surface area contributed by atoms with Crippen molar-refractivity contribution in [2.75, 3.05) is 18.4 Å². The van der Waals surface area contributed by atoms with Gasteiger partial charge < -0.3 is 10.6 Å². The molecular weight excluding hydrogens is 288 g/mol. The second kappa shape index (κ2) is 7.40. The number of fused-ring (bicyclic) bond motifs is 1. The van der Waals surface area contributed by atoms with Gasteiger partial charge in [-0.15, -0.1) is 0 Å². The molecule has 5 nitrogen and oxygen atoms in total. The summed E-state index contributed by atoms with van der Waals surface area (Å²) in [5, 5.41) is 7.26. The molecule has 0 atom stereocenters. The summed E-state index contributed by atoms with van der Waals surface area (Å²) in [6, 6.07) is 7.96. The predicted molar refractivity (Wildman–Crippen MR) is 94.5 cm³/mol. The number of aromatic nitrogens is 2. The van der Waals surface area contributed by atoms with Crippen molar-refractivity contribution in [3.05, 3.63) is 30.1 Å². The average Bonchev–Trinajstić information content (AvgIpc) is 2.49. The number of rotatable bonds is 6. The quantitative estimate of drug-likeness (QED) is 0.804. The van der Waals surface area contributed by atoms with Gasteiger partial charge in [0.15, 0.2) is 0 Å². The van der Waals surface area contributed by atoms with E-state index < -0.39 is 0 Å². The maximum Gasteiger partial charge on any atom is 0.220 e. The summed E-state index contributed by atoms with van der Waals surface area (Å²) >= 11 is 0. The molecule has 124 valence electrons. The van der Waals surface area contributed by atoms with Crippen LogP contribution in [0, 0.1) is 5.41 Å². The van der Waals surface area contributed by atoms with Gasteiger partial charge in [0.1, 0.15) is 11.6 Å². The lowest BCUT2D eigenvalue weighted by molar-refractivity contribution is -0.122. The summed E-state index contributed by atoms with van der Waals surface area (Å²) in [5.41, 5.74) is 0.953. The van der Waals surface area contributed by atoms with E-state index >= 15 is 0 Å². The number of amides is 1. The third kappa shape index (κ3) is 5.20. The third-order valence-electron chi connectivity index (χ3n) is 3.40. The summed E-state index contributed by atoms with van der Waals surface area (Å²) in [6.45, 7) is 9.44. The summed E-state index contributed by atoms with van der Waals surface area (Å²) in [4.78, 5) is 20.9. The van der Waals surface area contributed by atoms with Crippen LogP contribution in [0.3, 0.4) is 0 Å². The van der Waals surface area contributed by atoms with Crippen molar-refractivity contribution < 1.29 is 4.79 Å². The number of hydrogen-bond donors (Lipinski definition) is 2. The number of nitrogens with zero attached hydrogens (tertiary/aromatic N) is 2. The smallest absolute Gasteiger partial charge is 0.220 e. The minimum absolute atomic E-state index is 0.0103. The van der Waals surface area contributed by atoms with E-state index in [4.69, 9.17) is 0 Å². The Labute approximate surface area is 137 Å². The molecule has 23 heavy (non-hydrogen) atoms. The molecule has 0 spiro atoms. The Morgan fingerprint density at radius 2 is 1.87 bits per heavy atom. The van der Waals surface area contributed by atoms with Crippen molar-refractivity contribution >= 4 is 22.6 Å². The second-order valence-electron chi connectivity index (χ2n) is 6.87. The minimum atomic E-state index is 0.0103. The highest BCUT2D eigenvalue weighted by Gasteiger charge is 2.15. The van der Waals surface area contributed by atoms with Gasteiger partial charge in [0.05, 0.1) is 5.52 Å². The van der Waals surface area contributed by atoms with Crippen molar-refractivity contribution in [3.63, 3.8) is 0 Å². The van der Waals surface area contributed by atoms with Crippen LogP contribution in [0.4, 0.5) is 5.82 Å². The lowest BCUT2D eigenvalue weighted by atomic mass is 9.92. The van der Waals surface area contributed by atoms with Crippen LogP contribution in [0.15, 0.2) is 24.3 Å². The molecule has 0 bridgehead atoms. The molecule has 5 heteroatoms. The largest absolute Gasteiger partial charge is 0.368 e. The molecule has 0 saturated heterocycles. The summed E-state index contributed by atoms with van der Waals surface area (Å²) in [5.74, 6) is 1.74. The lowest BCUT2D eigenvalue weighted by Gasteiger charge is -2.17. The Morgan fingerprint density at radius 3 is 2.57 bits per heavy atom. The van der Waals surface area contributed by atoms with Crippen LogP contribution < -0.4 is 10.6 Å². The number of anilines is 1. The standard InChI is InChI=1S/C18H26N4O/c1-5-15-21-14-9-7-6-8-13(14)17(22-15)20-11-10-19-16(23)12-18(2,3)4/h6-9H,5,10-12H2,1-4H3,(H,19,23)(H,20,21,22). The fourth-order valence-corrected chi connectivity index (χ4v) is 2.34. The fourth-order valence-electron chi connectivity index (χ4n) is 2.34. The van der Waals surface area contributed by atoms with Crippen LogP contribution in [0.5, 0.6) is 0 Å². The second-order valence-corrected chi connectivity index (χ2v) is 6.87. The van der Waals surface area contributed by atoms with Gasteiger partial charge in [-0.25, -0.2) is 9.97 Å². The number of aryl methyl sites for hydroxylation is 1. The Bertz CT molecular complexity index is 676. The molecule has 2 rings (SSSR count). The van der Waals surface area contributed by atoms with Crippen LogP contribution >= 0.6 is 0 Å². The van der Waals surface area contributed by atoms with Gasteiger partial charge >= 0.3 is 0 Å². The molecule has 1 heterocycles. The molecule has 2 N–H and O–H groups in total. The monoisotopic (exact) mass is 314 g/mol.